The van der Waals surface area contributed by atoms with Crippen LogP contribution in [-0.2, 0) is 16.1 Å². The van der Waals surface area contributed by atoms with Gasteiger partial charge in [0.2, 0.25) is 11.8 Å². The zero-order valence-corrected chi connectivity index (χ0v) is 14.0. The van der Waals surface area contributed by atoms with Crippen molar-refractivity contribution in [2.75, 3.05) is 26.2 Å². The van der Waals surface area contributed by atoms with E-state index in [9.17, 15) is 9.59 Å². The van der Waals surface area contributed by atoms with E-state index in [1.807, 2.05) is 0 Å². The van der Waals surface area contributed by atoms with Gasteiger partial charge in [-0.15, -0.1) is 11.3 Å². The molecule has 2 heterocycles. The molecule has 0 saturated carbocycles. The van der Waals surface area contributed by atoms with E-state index in [2.05, 4.69) is 33.0 Å². The lowest BCUT2D eigenvalue weighted by Crippen LogP contribution is -2.43. The molecule has 0 aliphatic carbocycles. The molecule has 0 aromatic carbocycles. The molecule has 0 spiro atoms. The first-order valence-corrected chi connectivity index (χ1v) is 8.83. The smallest absolute Gasteiger partial charge is 0.239 e. The van der Waals surface area contributed by atoms with Gasteiger partial charge in [-0.3, -0.25) is 14.5 Å². The first-order chi connectivity index (χ1) is 10.7. The van der Waals surface area contributed by atoms with Crippen LogP contribution in [0.2, 0.25) is 0 Å². The van der Waals surface area contributed by atoms with E-state index < -0.39 is 0 Å². The highest BCUT2D eigenvalue weighted by molar-refractivity contribution is 7.09. The normalized spacial score (nSPS) is 18.9. The zero-order valence-electron chi connectivity index (χ0n) is 13.1. The monoisotopic (exact) mass is 323 g/mol. The SMILES string of the molecule is CCC(=O)NCC(=O)NCC1CCCN(Cc2cccs2)C1. The van der Waals surface area contributed by atoms with E-state index in [-0.39, 0.29) is 18.4 Å². The summed E-state index contributed by atoms with van der Waals surface area (Å²) in [5.41, 5.74) is 0. The molecule has 2 rings (SSSR count). The molecule has 1 fully saturated rings. The summed E-state index contributed by atoms with van der Waals surface area (Å²) in [5, 5.41) is 7.64. The highest BCUT2D eigenvalue weighted by atomic mass is 32.1. The van der Waals surface area contributed by atoms with Crippen LogP contribution in [-0.4, -0.2) is 42.9 Å². The number of carbonyl (C=O) groups is 2. The van der Waals surface area contributed by atoms with Crippen LogP contribution >= 0.6 is 11.3 Å². The van der Waals surface area contributed by atoms with E-state index >= 15 is 0 Å². The van der Waals surface area contributed by atoms with Crippen molar-refractivity contribution in [2.45, 2.75) is 32.7 Å². The van der Waals surface area contributed by atoms with Gasteiger partial charge in [-0.05, 0) is 36.8 Å². The molecule has 0 bridgehead atoms. The number of hydrogen-bond acceptors (Lipinski definition) is 4. The van der Waals surface area contributed by atoms with E-state index in [0.29, 0.717) is 18.9 Å². The maximum Gasteiger partial charge on any atom is 0.239 e. The molecular formula is C16H25N3O2S. The van der Waals surface area contributed by atoms with E-state index in [1.54, 1.807) is 18.3 Å². The number of nitrogens with one attached hydrogen (secondary N) is 2. The quantitative estimate of drug-likeness (QED) is 0.801. The number of amides is 2. The topological polar surface area (TPSA) is 61.4 Å². The Bertz CT molecular complexity index is 476. The molecule has 22 heavy (non-hydrogen) atoms. The molecule has 1 saturated heterocycles. The van der Waals surface area contributed by atoms with Crippen molar-refractivity contribution in [3.8, 4) is 0 Å². The van der Waals surface area contributed by atoms with Crippen LogP contribution in [0.3, 0.4) is 0 Å². The van der Waals surface area contributed by atoms with Gasteiger partial charge in [0.05, 0.1) is 6.54 Å². The van der Waals surface area contributed by atoms with Crippen molar-refractivity contribution in [1.82, 2.24) is 15.5 Å². The number of rotatable bonds is 7. The molecule has 1 aliphatic heterocycles. The third-order valence-corrected chi connectivity index (χ3v) is 4.78. The lowest BCUT2D eigenvalue weighted by molar-refractivity contribution is -0.126. The van der Waals surface area contributed by atoms with Gasteiger partial charge in [0.25, 0.3) is 0 Å². The fourth-order valence-corrected chi connectivity index (χ4v) is 3.46. The summed E-state index contributed by atoms with van der Waals surface area (Å²) >= 11 is 1.80. The number of piperidine rings is 1. The molecule has 122 valence electrons. The minimum atomic E-state index is -0.0998. The van der Waals surface area contributed by atoms with Gasteiger partial charge in [-0.25, -0.2) is 0 Å². The molecular weight excluding hydrogens is 298 g/mol. The lowest BCUT2D eigenvalue weighted by Gasteiger charge is -2.32. The standard InChI is InChI=1S/C16H25N3O2S/c1-2-15(20)18-10-16(21)17-9-13-5-3-7-19(11-13)12-14-6-4-8-22-14/h4,6,8,13H,2-3,5,7,9-12H2,1H3,(H,17,21)(H,18,20). The van der Waals surface area contributed by atoms with Gasteiger partial charge >= 0.3 is 0 Å². The van der Waals surface area contributed by atoms with Crippen LogP contribution in [0.1, 0.15) is 31.1 Å². The first kappa shape index (κ1) is 17.0. The molecule has 2 N–H and O–H groups in total. The van der Waals surface area contributed by atoms with E-state index in [1.165, 1.54) is 11.3 Å². The Kier molecular flexibility index (Phi) is 6.86. The van der Waals surface area contributed by atoms with Crippen LogP contribution in [0.25, 0.3) is 0 Å². The van der Waals surface area contributed by atoms with Gasteiger partial charge in [0.1, 0.15) is 0 Å². The van der Waals surface area contributed by atoms with Crippen molar-refractivity contribution in [3.05, 3.63) is 22.4 Å². The Morgan fingerprint density at radius 3 is 2.95 bits per heavy atom. The Morgan fingerprint density at radius 2 is 2.23 bits per heavy atom. The summed E-state index contributed by atoms with van der Waals surface area (Å²) in [6.45, 7) is 5.72. The van der Waals surface area contributed by atoms with Gasteiger partial charge in [0.15, 0.2) is 0 Å². The second-order valence-corrected chi connectivity index (χ2v) is 6.79. The fraction of sp³-hybridized carbons (Fsp3) is 0.625. The summed E-state index contributed by atoms with van der Waals surface area (Å²) in [7, 11) is 0. The van der Waals surface area contributed by atoms with E-state index in [0.717, 1.165) is 26.1 Å². The molecule has 1 aromatic rings. The second kappa shape index (κ2) is 8.90. The number of hydrogen-bond donors (Lipinski definition) is 2. The van der Waals surface area contributed by atoms with Gasteiger partial charge < -0.3 is 10.6 Å². The molecule has 2 amide bonds. The summed E-state index contributed by atoms with van der Waals surface area (Å²) in [6.07, 6.45) is 2.74. The fourth-order valence-electron chi connectivity index (χ4n) is 2.71. The maximum absolute atomic E-state index is 11.7. The summed E-state index contributed by atoms with van der Waals surface area (Å²) in [5.74, 6) is 0.312. The zero-order chi connectivity index (χ0) is 15.8. The Labute approximate surface area is 136 Å². The molecule has 0 radical (unpaired) electrons. The molecule has 1 aromatic heterocycles. The Balaban J connectivity index is 1.67. The number of nitrogens with zero attached hydrogens (tertiary/aromatic N) is 1. The predicted molar refractivity (Wildman–Crippen MR) is 88.6 cm³/mol. The average Bonchev–Trinajstić information content (AvgIpc) is 3.04. The molecule has 6 heteroatoms. The van der Waals surface area contributed by atoms with Crippen molar-refractivity contribution >= 4 is 23.2 Å². The van der Waals surface area contributed by atoms with Crippen molar-refractivity contribution < 1.29 is 9.59 Å². The third-order valence-electron chi connectivity index (χ3n) is 3.92. The van der Waals surface area contributed by atoms with Crippen LogP contribution in [0.5, 0.6) is 0 Å². The second-order valence-electron chi connectivity index (χ2n) is 5.76. The van der Waals surface area contributed by atoms with Gasteiger partial charge in [-0.1, -0.05) is 13.0 Å². The van der Waals surface area contributed by atoms with Crippen LogP contribution in [0, 0.1) is 5.92 Å². The van der Waals surface area contributed by atoms with Gasteiger partial charge in [0, 0.05) is 30.9 Å². The molecule has 1 aliphatic rings. The van der Waals surface area contributed by atoms with Crippen LogP contribution < -0.4 is 10.6 Å². The maximum atomic E-state index is 11.7. The highest BCUT2D eigenvalue weighted by Gasteiger charge is 2.20. The summed E-state index contributed by atoms with van der Waals surface area (Å²) in [6, 6.07) is 4.26. The molecule has 5 nitrogen and oxygen atoms in total. The Hall–Kier alpha value is -1.40. The van der Waals surface area contributed by atoms with Crippen molar-refractivity contribution in [2.24, 2.45) is 5.92 Å². The molecule has 1 atom stereocenters. The van der Waals surface area contributed by atoms with Crippen LogP contribution in [0.4, 0.5) is 0 Å². The predicted octanol–water partition coefficient (Wildman–Crippen LogP) is 1.60. The number of thiophene rings is 1. The number of likely N-dealkylation sites (tertiary alicyclic amines) is 1. The van der Waals surface area contributed by atoms with Gasteiger partial charge in [-0.2, -0.15) is 0 Å². The highest BCUT2D eigenvalue weighted by Crippen LogP contribution is 2.19. The minimum Gasteiger partial charge on any atom is -0.354 e. The van der Waals surface area contributed by atoms with Crippen molar-refractivity contribution in [3.63, 3.8) is 0 Å². The van der Waals surface area contributed by atoms with Crippen LogP contribution in [0.15, 0.2) is 17.5 Å². The van der Waals surface area contributed by atoms with Crippen molar-refractivity contribution in [1.29, 1.82) is 0 Å². The number of carbonyl (C=O) groups excluding carboxylic acids is 2. The molecule has 1 unspecified atom stereocenters. The summed E-state index contributed by atoms with van der Waals surface area (Å²) in [4.78, 5) is 26.7. The minimum absolute atomic E-state index is 0.0816. The van der Waals surface area contributed by atoms with E-state index in [4.69, 9.17) is 0 Å². The average molecular weight is 323 g/mol. The third kappa shape index (κ3) is 5.77. The largest absolute Gasteiger partial charge is 0.354 e. The summed E-state index contributed by atoms with van der Waals surface area (Å²) < 4.78 is 0. The lowest BCUT2D eigenvalue weighted by atomic mass is 9.98. The first-order valence-electron chi connectivity index (χ1n) is 7.95. The Morgan fingerprint density at radius 1 is 1.36 bits per heavy atom.